The molecule has 0 bridgehead atoms. The normalized spacial score (nSPS) is 24.8. The predicted octanol–water partition coefficient (Wildman–Crippen LogP) is 3.49. The molecule has 2 N–H and O–H groups in total. The second kappa shape index (κ2) is 13.7. The fourth-order valence-electron chi connectivity index (χ4n) is 4.32. The minimum absolute atomic E-state index is 0.448. The summed E-state index contributed by atoms with van der Waals surface area (Å²) in [6.07, 6.45) is -8.42. The van der Waals surface area contributed by atoms with Gasteiger partial charge in [0.15, 0.2) is 0 Å². The molecule has 3 aliphatic heterocycles. The molecule has 3 saturated heterocycles. The van der Waals surface area contributed by atoms with E-state index < -0.39 is 24.3 Å². The van der Waals surface area contributed by atoms with Crippen molar-refractivity contribution in [3.05, 3.63) is 21.9 Å². The lowest BCUT2D eigenvalue weighted by atomic mass is 9.84. The Morgan fingerprint density at radius 1 is 1.00 bits per heavy atom. The second-order valence-electron chi connectivity index (χ2n) is 8.85. The number of thiophene rings is 1. The highest BCUT2D eigenvalue weighted by Crippen LogP contribution is 2.35. The topological polar surface area (TPSA) is 99.5 Å². The number of fused-ring (bicyclic) bond motifs is 1. The number of likely N-dealkylation sites (tertiary alicyclic amines) is 1. The summed E-state index contributed by atoms with van der Waals surface area (Å²) in [7, 11) is 0. The number of carboxylic acids is 2. The Labute approximate surface area is 213 Å². The van der Waals surface area contributed by atoms with E-state index in [2.05, 4.69) is 28.9 Å². The summed E-state index contributed by atoms with van der Waals surface area (Å²) >= 11 is 1.94. The van der Waals surface area contributed by atoms with Crippen molar-refractivity contribution in [1.29, 1.82) is 0 Å². The third-order valence-corrected chi connectivity index (χ3v) is 7.07. The van der Waals surface area contributed by atoms with Crippen molar-refractivity contribution >= 4 is 23.3 Å². The summed E-state index contributed by atoms with van der Waals surface area (Å²) in [5.41, 5.74) is 0. The van der Waals surface area contributed by atoms with Crippen LogP contribution in [0.3, 0.4) is 0 Å². The number of alkyl halides is 6. The van der Waals surface area contributed by atoms with Gasteiger partial charge in [0.1, 0.15) is 0 Å². The number of aryl methyl sites for hydroxylation is 1. The van der Waals surface area contributed by atoms with Gasteiger partial charge >= 0.3 is 24.3 Å². The van der Waals surface area contributed by atoms with Gasteiger partial charge in [-0.3, -0.25) is 9.80 Å². The minimum atomic E-state index is -5.08. The minimum Gasteiger partial charge on any atom is -0.475 e. The average Bonchev–Trinajstić information content (AvgIpc) is 3.39. The molecule has 4 rings (SSSR count). The van der Waals surface area contributed by atoms with E-state index in [0.717, 1.165) is 57.8 Å². The molecule has 0 aromatic carbocycles. The molecule has 1 aromatic rings. The fourth-order valence-corrected chi connectivity index (χ4v) is 5.26. The van der Waals surface area contributed by atoms with Gasteiger partial charge in [0, 0.05) is 48.4 Å². The molecule has 37 heavy (non-hydrogen) atoms. The number of carbonyl (C=O) groups is 2. The number of carboxylic acid groups (broad SMARTS) is 2. The molecule has 0 unspecified atom stereocenters. The van der Waals surface area contributed by atoms with Crippen LogP contribution in [-0.2, 0) is 25.6 Å². The van der Waals surface area contributed by atoms with Gasteiger partial charge in [0.05, 0.1) is 25.9 Å². The summed E-state index contributed by atoms with van der Waals surface area (Å²) in [6.45, 7) is 11.7. The lowest BCUT2D eigenvalue weighted by Gasteiger charge is -2.37. The zero-order chi connectivity index (χ0) is 27.8. The molecule has 3 aliphatic rings. The molecule has 1 aromatic heterocycles. The highest BCUT2D eigenvalue weighted by atomic mass is 32.1. The molecular formula is C22H30F6N2O6S. The molecule has 15 heteroatoms. The van der Waals surface area contributed by atoms with Crippen LogP contribution in [0.15, 0.2) is 12.1 Å². The molecule has 0 spiro atoms. The summed E-state index contributed by atoms with van der Waals surface area (Å²) < 4.78 is 75.1. The molecule has 3 atom stereocenters. The molecule has 0 radical (unpaired) electrons. The van der Waals surface area contributed by atoms with Gasteiger partial charge in [0.2, 0.25) is 0 Å². The van der Waals surface area contributed by atoms with Crippen LogP contribution < -0.4 is 0 Å². The Balaban J connectivity index is 0.000000286. The van der Waals surface area contributed by atoms with E-state index in [0.29, 0.717) is 6.10 Å². The Kier molecular flexibility index (Phi) is 11.6. The van der Waals surface area contributed by atoms with Crippen LogP contribution in [0.2, 0.25) is 0 Å². The first-order valence-electron chi connectivity index (χ1n) is 11.5. The number of aliphatic carboxylic acids is 2. The summed E-state index contributed by atoms with van der Waals surface area (Å²) in [5, 5.41) is 14.2. The lowest BCUT2D eigenvalue weighted by Crippen LogP contribution is -2.45. The highest BCUT2D eigenvalue weighted by molar-refractivity contribution is 7.11. The lowest BCUT2D eigenvalue weighted by molar-refractivity contribution is -0.193. The molecule has 0 saturated carbocycles. The van der Waals surface area contributed by atoms with E-state index in [9.17, 15) is 26.3 Å². The fraction of sp³-hybridized carbons (Fsp3) is 0.727. The second-order valence-corrected chi connectivity index (χ2v) is 10.2. The van der Waals surface area contributed by atoms with Crippen LogP contribution in [0.4, 0.5) is 26.3 Å². The van der Waals surface area contributed by atoms with Gasteiger partial charge in [0.25, 0.3) is 0 Å². The Morgan fingerprint density at radius 3 is 2.05 bits per heavy atom. The third kappa shape index (κ3) is 10.8. The van der Waals surface area contributed by atoms with Crippen molar-refractivity contribution in [3.8, 4) is 0 Å². The van der Waals surface area contributed by atoms with Gasteiger partial charge in [-0.2, -0.15) is 26.3 Å². The number of hydrogen-bond acceptors (Lipinski definition) is 7. The molecule has 0 amide bonds. The van der Waals surface area contributed by atoms with Crippen LogP contribution in [0.1, 0.15) is 16.2 Å². The van der Waals surface area contributed by atoms with Gasteiger partial charge in [-0.05, 0) is 37.9 Å². The van der Waals surface area contributed by atoms with Crippen molar-refractivity contribution in [2.45, 2.75) is 38.3 Å². The molecule has 3 fully saturated rings. The van der Waals surface area contributed by atoms with E-state index in [-0.39, 0.29) is 0 Å². The van der Waals surface area contributed by atoms with Crippen LogP contribution in [0.25, 0.3) is 0 Å². The van der Waals surface area contributed by atoms with E-state index in [4.69, 9.17) is 29.3 Å². The third-order valence-electron chi connectivity index (χ3n) is 6.08. The standard InChI is InChI=1S/C18H28N2O2S.2C2HF3O2/c1-14-2-3-16(23-14)11-20-5-4-17-15(10-20)13-22-18(17)12-19-6-8-21-9-7-19;2*3-2(4,5)1(6)7/h2-3,15,17-18H,4-13H2,1H3;2*(H,6,7)/t15-,17-,18+;;/m1../s1. The largest absolute Gasteiger partial charge is 0.490 e. The van der Waals surface area contributed by atoms with Crippen LogP contribution in [-0.4, -0.2) is 103 Å². The first-order chi connectivity index (χ1) is 17.2. The van der Waals surface area contributed by atoms with E-state index >= 15 is 0 Å². The first-order valence-corrected chi connectivity index (χ1v) is 12.3. The molecule has 212 valence electrons. The van der Waals surface area contributed by atoms with Crippen LogP contribution in [0, 0.1) is 18.8 Å². The number of morpholine rings is 1. The van der Waals surface area contributed by atoms with Gasteiger partial charge in [-0.1, -0.05) is 0 Å². The van der Waals surface area contributed by atoms with Gasteiger partial charge in [-0.15, -0.1) is 11.3 Å². The van der Waals surface area contributed by atoms with Crippen molar-refractivity contribution < 1.29 is 55.6 Å². The first kappa shape index (κ1) is 31.3. The van der Waals surface area contributed by atoms with E-state index in [1.54, 1.807) is 0 Å². The zero-order valence-electron chi connectivity index (χ0n) is 20.1. The Bertz CT molecular complexity index is 851. The molecule has 0 aliphatic carbocycles. The van der Waals surface area contributed by atoms with E-state index in [1.807, 2.05) is 11.3 Å². The molecule has 8 nitrogen and oxygen atoms in total. The predicted molar refractivity (Wildman–Crippen MR) is 120 cm³/mol. The summed E-state index contributed by atoms with van der Waals surface area (Å²) in [6, 6.07) is 4.53. The smallest absolute Gasteiger partial charge is 0.475 e. The van der Waals surface area contributed by atoms with Gasteiger partial charge < -0.3 is 19.7 Å². The van der Waals surface area contributed by atoms with Crippen molar-refractivity contribution in [2.24, 2.45) is 11.8 Å². The summed E-state index contributed by atoms with van der Waals surface area (Å²) in [5.74, 6) is -4.02. The Morgan fingerprint density at radius 2 is 1.57 bits per heavy atom. The maximum atomic E-state index is 10.6. The van der Waals surface area contributed by atoms with E-state index in [1.165, 1.54) is 29.3 Å². The molecule has 4 heterocycles. The number of ether oxygens (including phenoxy) is 2. The SMILES string of the molecule is Cc1ccc(CN2CC[C@@H]3[C@@H](CO[C@H]3CN3CCOCC3)C2)s1.O=C(O)C(F)(F)F.O=C(O)C(F)(F)F. The maximum Gasteiger partial charge on any atom is 0.490 e. The number of rotatable bonds is 4. The number of halogens is 6. The highest BCUT2D eigenvalue weighted by Gasteiger charge is 2.41. The molecular weight excluding hydrogens is 534 g/mol. The number of nitrogens with zero attached hydrogens (tertiary/aromatic N) is 2. The van der Waals surface area contributed by atoms with Crippen molar-refractivity contribution in [1.82, 2.24) is 9.80 Å². The summed E-state index contributed by atoms with van der Waals surface area (Å²) in [4.78, 5) is 25.9. The number of piperidine rings is 1. The quantitative estimate of drug-likeness (QED) is 0.537. The van der Waals surface area contributed by atoms with Gasteiger partial charge in [-0.25, -0.2) is 9.59 Å². The Hall–Kier alpha value is -1.94. The number of hydrogen-bond donors (Lipinski definition) is 2. The van der Waals surface area contributed by atoms with Crippen molar-refractivity contribution in [3.63, 3.8) is 0 Å². The maximum absolute atomic E-state index is 10.6. The van der Waals surface area contributed by atoms with Crippen LogP contribution >= 0.6 is 11.3 Å². The monoisotopic (exact) mass is 564 g/mol. The van der Waals surface area contributed by atoms with Crippen LogP contribution in [0.5, 0.6) is 0 Å². The van der Waals surface area contributed by atoms with Crippen molar-refractivity contribution in [2.75, 3.05) is 52.5 Å². The zero-order valence-corrected chi connectivity index (χ0v) is 20.9. The average molecular weight is 565 g/mol.